The summed E-state index contributed by atoms with van der Waals surface area (Å²) in [6.45, 7) is 10.3. The Labute approximate surface area is 120 Å². The molecule has 2 heterocycles. The van der Waals surface area contributed by atoms with E-state index in [-0.39, 0.29) is 5.78 Å². The second-order valence-electron chi connectivity index (χ2n) is 5.66. The number of aromatic nitrogens is 1. The first-order valence-corrected chi connectivity index (χ1v) is 8.06. The summed E-state index contributed by atoms with van der Waals surface area (Å²) in [4.78, 5) is 19.3. The van der Waals surface area contributed by atoms with Gasteiger partial charge in [0, 0.05) is 20.0 Å². The number of thiazole rings is 1. The van der Waals surface area contributed by atoms with E-state index in [1.165, 1.54) is 25.7 Å². The third-order valence-corrected chi connectivity index (χ3v) is 6.02. The monoisotopic (exact) mass is 280 g/mol. The second kappa shape index (κ2) is 5.61. The fraction of sp³-hybridized carbons (Fsp3) is 0.733. The Morgan fingerprint density at radius 2 is 1.89 bits per heavy atom. The molecule has 1 aromatic rings. The number of rotatable bonds is 4. The van der Waals surface area contributed by atoms with Crippen LogP contribution in [0.4, 0.5) is 5.13 Å². The lowest BCUT2D eigenvalue weighted by molar-refractivity contribution is 0.102. The van der Waals surface area contributed by atoms with Gasteiger partial charge in [-0.3, -0.25) is 4.79 Å². The maximum Gasteiger partial charge on any atom is 0.186 e. The van der Waals surface area contributed by atoms with Crippen LogP contribution in [-0.2, 0) is 0 Å². The topological polar surface area (TPSA) is 33.2 Å². The molecule has 4 heteroatoms. The largest absolute Gasteiger partial charge is 0.348 e. The van der Waals surface area contributed by atoms with Crippen LogP contribution in [0.1, 0.15) is 61.8 Å². The van der Waals surface area contributed by atoms with Crippen LogP contribution in [0.25, 0.3) is 0 Å². The normalized spacial score (nSPS) is 18.6. The number of Topliss-reactive ketones (excluding diaryl/α,β-unsaturated/α-hetero) is 1. The van der Waals surface area contributed by atoms with Crippen molar-refractivity contribution in [3.8, 4) is 0 Å². The Balaban J connectivity index is 2.09. The Morgan fingerprint density at radius 1 is 1.32 bits per heavy atom. The lowest BCUT2D eigenvalue weighted by Crippen LogP contribution is -2.39. The van der Waals surface area contributed by atoms with E-state index in [4.69, 9.17) is 0 Å². The van der Waals surface area contributed by atoms with Gasteiger partial charge in [-0.05, 0) is 25.2 Å². The summed E-state index contributed by atoms with van der Waals surface area (Å²) in [6.07, 6.45) is 5.03. The molecule has 3 nitrogen and oxygen atoms in total. The van der Waals surface area contributed by atoms with Crippen molar-refractivity contribution in [2.75, 3.05) is 18.0 Å². The number of hydrogen-bond acceptors (Lipinski definition) is 4. The van der Waals surface area contributed by atoms with Gasteiger partial charge in [-0.25, -0.2) is 4.98 Å². The summed E-state index contributed by atoms with van der Waals surface area (Å²) < 4.78 is 0. The van der Waals surface area contributed by atoms with Gasteiger partial charge in [0.05, 0.1) is 10.6 Å². The first kappa shape index (κ1) is 14.5. The van der Waals surface area contributed by atoms with Crippen molar-refractivity contribution < 1.29 is 4.79 Å². The molecule has 1 saturated heterocycles. The SMILES string of the molecule is CCC1(CC)CCN(c2nc(C)c(C(C)=O)s2)CC1. The molecule has 0 bridgehead atoms. The van der Waals surface area contributed by atoms with Crippen LogP contribution in [0, 0.1) is 12.3 Å². The molecular weight excluding hydrogens is 256 g/mol. The quantitative estimate of drug-likeness (QED) is 0.780. The zero-order chi connectivity index (χ0) is 14.0. The fourth-order valence-corrected chi connectivity index (χ4v) is 3.99. The smallest absolute Gasteiger partial charge is 0.186 e. The van der Waals surface area contributed by atoms with E-state index in [0.717, 1.165) is 28.8 Å². The minimum atomic E-state index is 0.134. The van der Waals surface area contributed by atoms with Gasteiger partial charge < -0.3 is 4.90 Å². The van der Waals surface area contributed by atoms with Crippen molar-refractivity contribution in [3.05, 3.63) is 10.6 Å². The number of nitrogens with zero attached hydrogens (tertiary/aromatic N) is 2. The molecule has 0 aliphatic carbocycles. The van der Waals surface area contributed by atoms with E-state index in [1.54, 1.807) is 18.3 Å². The van der Waals surface area contributed by atoms with Gasteiger partial charge >= 0.3 is 0 Å². The lowest BCUT2D eigenvalue weighted by Gasteiger charge is -2.40. The first-order chi connectivity index (χ1) is 9.01. The highest BCUT2D eigenvalue weighted by molar-refractivity contribution is 7.17. The maximum absolute atomic E-state index is 11.5. The minimum Gasteiger partial charge on any atom is -0.348 e. The summed E-state index contributed by atoms with van der Waals surface area (Å²) in [5, 5.41) is 1.03. The van der Waals surface area contributed by atoms with Crippen LogP contribution in [0.2, 0.25) is 0 Å². The Kier molecular flexibility index (Phi) is 4.29. The molecule has 19 heavy (non-hydrogen) atoms. The minimum absolute atomic E-state index is 0.134. The molecule has 1 aliphatic heterocycles. The van der Waals surface area contributed by atoms with Gasteiger partial charge in [0.2, 0.25) is 0 Å². The molecule has 1 fully saturated rings. The first-order valence-electron chi connectivity index (χ1n) is 7.24. The second-order valence-corrected chi connectivity index (χ2v) is 6.64. The van der Waals surface area contributed by atoms with Gasteiger partial charge in [-0.2, -0.15) is 0 Å². The third-order valence-electron chi connectivity index (χ3n) is 4.70. The predicted molar refractivity (Wildman–Crippen MR) is 81.3 cm³/mol. The maximum atomic E-state index is 11.5. The molecular formula is C15H24N2OS. The van der Waals surface area contributed by atoms with E-state index in [2.05, 4.69) is 23.7 Å². The number of carbonyl (C=O) groups is 1. The molecule has 0 aromatic carbocycles. The molecule has 0 saturated carbocycles. The summed E-state index contributed by atoms with van der Waals surface area (Å²) in [5.41, 5.74) is 1.42. The average Bonchev–Trinajstić information content (AvgIpc) is 2.81. The number of ketones is 1. The van der Waals surface area contributed by atoms with E-state index in [1.807, 2.05) is 6.92 Å². The number of anilines is 1. The Bertz CT molecular complexity index is 453. The summed E-state index contributed by atoms with van der Waals surface area (Å²) in [7, 11) is 0. The van der Waals surface area contributed by atoms with Crippen LogP contribution in [0.3, 0.4) is 0 Å². The molecule has 1 aliphatic rings. The Hall–Kier alpha value is -0.900. The van der Waals surface area contributed by atoms with Crippen molar-refractivity contribution in [1.29, 1.82) is 0 Å². The van der Waals surface area contributed by atoms with Gasteiger partial charge in [0.1, 0.15) is 0 Å². The van der Waals surface area contributed by atoms with Crippen LogP contribution >= 0.6 is 11.3 Å². The predicted octanol–water partition coefficient (Wildman–Crippen LogP) is 4.06. The van der Waals surface area contributed by atoms with Crippen molar-refractivity contribution in [3.63, 3.8) is 0 Å². The summed E-state index contributed by atoms with van der Waals surface area (Å²) in [6, 6.07) is 0. The third kappa shape index (κ3) is 2.83. The molecule has 0 radical (unpaired) electrons. The van der Waals surface area contributed by atoms with Gasteiger partial charge in [0.15, 0.2) is 10.9 Å². The highest BCUT2D eigenvalue weighted by atomic mass is 32.1. The molecule has 0 spiro atoms. The van der Waals surface area contributed by atoms with Crippen molar-refractivity contribution in [2.45, 2.75) is 53.4 Å². The van der Waals surface area contributed by atoms with E-state index < -0.39 is 0 Å². The van der Waals surface area contributed by atoms with Crippen LogP contribution in [0.5, 0.6) is 0 Å². The van der Waals surface area contributed by atoms with E-state index in [0.29, 0.717) is 5.41 Å². The molecule has 0 unspecified atom stereocenters. The summed E-state index contributed by atoms with van der Waals surface area (Å²) in [5.74, 6) is 0.134. The number of carbonyl (C=O) groups excluding carboxylic acids is 1. The van der Waals surface area contributed by atoms with Gasteiger partial charge in [-0.15, -0.1) is 0 Å². The molecule has 1 aromatic heterocycles. The lowest BCUT2D eigenvalue weighted by atomic mass is 9.74. The molecule has 0 amide bonds. The van der Waals surface area contributed by atoms with Crippen molar-refractivity contribution >= 4 is 22.3 Å². The highest BCUT2D eigenvalue weighted by Gasteiger charge is 2.32. The van der Waals surface area contributed by atoms with Crippen LogP contribution < -0.4 is 4.90 Å². The molecule has 0 N–H and O–H groups in total. The van der Waals surface area contributed by atoms with Crippen LogP contribution in [0.15, 0.2) is 0 Å². The number of piperidine rings is 1. The van der Waals surface area contributed by atoms with Gasteiger partial charge in [0.25, 0.3) is 0 Å². The number of aryl methyl sites for hydroxylation is 1. The zero-order valence-electron chi connectivity index (χ0n) is 12.5. The summed E-state index contributed by atoms with van der Waals surface area (Å²) >= 11 is 1.55. The average molecular weight is 280 g/mol. The Morgan fingerprint density at radius 3 is 2.32 bits per heavy atom. The van der Waals surface area contributed by atoms with Crippen molar-refractivity contribution in [2.24, 2.45) is 5.41 Å². The highest BCUT2D eigenvalue weighted by Crippen LogP contribution is 2.40. The van der Waals surface area contributed by atoms with Crippen molar-refractivity contribution in [1.82, 2.24) is 4.98 Å². The molecule has 0 atom stereocenters. The molecule has 106 valence electrons. The standard InChI is InChI=1S/C15H24N2OS/c1-5-15(6-2)7-9-17(10-8-15)14-16-11(3)13(19-14)12(4)18/h5-10H2,1-4H3. The van der Waals surface area contributed by atoms with E-state index in [9.17, 15) is 4.79 Å². The molecule has 2 rings (SSSR count). The fourth-order valence-electron chi connectivity index (χ4n) is 2.97. The zero-order valence-corrected chi connectivity index (χ0v) is 13.3. The van der Waals surface area contributed by atoms with Gasteiger partial charge in [-0.1, -0.05) is 38.0 Å². The van der Waals surface area contributed by atoms with E-state index >= 15 is 0 Å². The number of hydrogen-bond donors (Lipinski definition) is 0. The van der Waals surface area contributed by atoms with Crippen LogP contribution in [-0.4, -0.2) is 23.9 Å².